The number of thiophene rings is 1. The number of pyridine rings is 1. The van der Waals surface area contributed by atoms with Crippen LogP contribution in [0.2, 0.25) is 0 Å². The molecule has 0 radical (unpaired) electrons. The van der Waals surface area contributed by atoms with Crippen LogP contribution in [0, 0.1) is 0 Å². The first-order chi connectivity index (χ1) is 10.8. The van der Waals surface area contributed by atoms with E-state index in [1.807, 2.05) is 34.6 Å². The minimum absolute atomic E-state index is 0.0503. The van der Waals surface area contributed by atoms with Crippen molar-refractivity contribution >= 4 is 21.6 Å². The van der Waals surface area contributed by atoms with Crippen molar-refractivity contribution in [2.45, 2.75) is 25.5 Å². The number of methoxy groups -OCH3 is 1. The molecule has 0 amide bonds. The standard InChI is InChI=1S/C16H17N3O2S/c1-20-14-8-13(18-12-5-7-22-16(12)14)11-9-17-19(10-11)15-4-2-3-6-21-15/h5,7-10,15H,2-4,6H2,1H3. The highest BCUT2D eigenvalue weighted by atomic mass is 32.1. The molecule has 1 saturated heterocycles. The topological polar surface area (TPSA) is 49.2 Å². The lowest BCUT2D eigenvalue weighted by Gasteiger charge is -2.22. The van der Waals surface area contributed by atoms with Gasteiger partial charge in [0.15, 0.2) is 0 Å². The Morgan fingerprint density at radius 2 is 2.36 bits per heavy atom. The number of rotatable bonds is 3. The Kier molecular flexibility index (Phi) is 3.56. The van der Waals surface area contributed by atoms with Gasteiger partial charge in [0, 0.05) is 24.4 Å². The van der Waals surface area contributed by atoms with Crippen molar-refractivity contribution in [3.8, 4) is 17.0 Å². The molecule has 0 saturated carbocycles. The smallest absolute Gasteiger partial charge is 0.150 e. The molecular weight excluding hydrogens is 298 g/mol. The predicted octanol–water partition coefficient (Wildman–Crippen LogP) is 3.87. The summed E-state index contributed by atoms with van der Waals surface area (Å²) < 4.78 is 14.2. The fourth-order valence-electron chi connectivity index (χ4n) is 2.79. The maximum atomic E-state index is 5.77. The molecule has 3 aromatic rings. The van der Waals surface area contributed by atoms with E-state index in [-0.39, 0.29) is 6.23 Å². The van der Waals surface area contributed by atoms with Gasteiger partial charge in [-0.1, -0.05) is 0 Å². The number of fused-ring (bicyclic) bond motifs is 1. The Bertz CT molecular complexity index is 790. The Labute approximate surface area is 132 Å². The highest BCUT2D eigenvalue weighted by Gasteiger charge is 2.17. The van der Waals surface area contributed by atoms with Crippen LogP contribution >= 0.6 is 11.3 Å². The van der Waals surface area contributed by atoms with Gasteiger partial charge in [-0.25, -0.2) is 9.67 Å². The van der Waals surface area contributed by atoms with Crippen molar-refractivity contribution in [1.29, 1.82) is 0 Å². The molecule has 4 rings (SSSR count). The van der Waals surface area contributed by atoms with Crippen molar-refractivity contribution in [2.24, 2.45) is 0 Å². The SMILES string of the molecule is COc1cc(-c2cnn(C3CCCCO3)c2)nc2ccsc12. The maximum absolute atomic E-state index is 5.77. The van der Waals surface area contributed by atoms with Crippen LogP contribution in [-0.4, -0.2) is 28.5 Å². The van der Waals surface area contributed by atoms with Gasteiger partial charge in [-0.05, 0) is 30.7 Å². The highest BCUT2D eigenvalue weighted by Crippen LogP contribution is 2.33. The summed E-state index contributed by atoms with van der Waals surface area (Å²) in [5.41, 5.74) is 2.83. The summed E-state index contributed by atoms with van der Waals surface area (Å²) in [6.45, 7) is 0.812. The summed E-state index contributed by atoms with van der Waals surface area (Å²) in [5.74, 6) is 0.858. The molecule has 0 N–H and O–H groups in total. The fraction of sp³-hybridized carbons (Fsp3) is 0.375. The van der Waals surface area contributed by atoms with Crippen LogP contribution in [-0.2, 0) is 4.74 Å². The van der Waals surface area contributed by atoms with E-state index in [2.05, 4.69) is 5.10 Å². The van der Waals surface area contributed by atoms with Crippen LogP contribution in [0.4, 0.5) is 0 Å². The molecule has 1 unspecified atom stereocenters. The fourth-order valence-corrected chi connectivity index (χ4v) is 3.61. The molecule has 1 atom stereocenters. The molecule has 22 heavy (non-hydrogen) atoms. The van der Waals surface area contributed by atoms with E-state index in [0.29, 0.717) is 0 Å². The molecule has 0 aliphatic carbocycles. The number of aromatic nitrogens is 3. The van der Waals surface area contributed by atoms with Gasteiger partial charge >= 0.3 is 0 Å². The largest absolute Gasteiger partial charge is 0.495 e. The second kappa shape index (κ2) is 5.70. The quantitative estimate of drug-likeness (QED) is 0.736. The van der Waals surface area contributed by atoms with Gasteiger partial charge in [0.2, 0.25) is 0 Å². The van der Waals surface area contributed by atoms with Crippen molar-refractivity contribution in [1.82, 2.24) is 14.8 Å². The highest BCUT2D eigenvalue weighted by molar-refractivity contribution is 7.17. The predicted molar refractivity (Wildman–Crippen MR) is 86.2 cm³/mol. The molecule has 1 aliphatic rings. The van der Waals surface area contributed by atoms with Gasteiger partial charge in [-0.15, -0.1) is 11.3 Å². The van der Waals surface area contributed by atoms with Crippen LogP contribution in [0.25, 0.3) is 21.5 Å². The molecule has 3 aromatic heterocycles. The molecule has 1 aliphatic heterocycles. The molecule has 114 valence electrons. The minimum Gasteiger partial charge on any atom is -0.495 e. The number of ether oxygens (including phenoxy) is 2. The summed E-state index contributed by atoms with van der Waals surface area (Å²) in [6, 6.07) is 3.99. The van der Waals surface area contributed by atoms with E-state index in [9.17, 15) is 0 Å². The summed E-state index contributed by atoms with van der Waals surface area (Å²) in [6.07, 6.45) is 7.25. The minimum atomic E-state index is 0.0503. The van der Waals surface area contributed by atoms with Gasteiger partial charge in [0.1, 0.15) is 12.0 Å². The second-order valence-electron chi connectivity index (χ2n) is 5.37. The Balaban J connectivity index is 1.71. The first kappa shape index (κ1) is 13.7. The zero-order valence-corrected chi connectivity index (χ0v) is 13.2. The molecule has 1 fully saturated rings. The van der Waals surface area contributed by atoms with E-state index in [1.54, 1.807) is 18.4 Å². The van der Waals surface area contributed by atoms with Crippen molar-refractivity contribution < 1.29 is 9.47 Å². The van der Waals surface area contributed by atoms with Gasteiger partial charge in [0.05, 0.1) is 29.2 Å². The van der Waals surface area contributed by atoms with E-state index >= 15 is 0 Å². The average molecular weight is 315 g/mol. The lowest BCUT2D eigenvalue weighted by molar-refractivity contribution is -0.0394. The summed E-state index contributed by atoms with van der Waals surface area (Å²) in [7, 11) is 1.69. The normalized spacial score (nSPS) is 18.7. The molecule has 0 bridgehead atoms. The van der Waals surface area contributed by atoms with Gasteiger partial charge in [0.25, 0.3) is 0 Å². The van der Waals surface area contributed by atoms with E-state index in [4.69, 9.17) is 14.5 Å². The third-order valence-corrected chi connectivity index (χ3v) is 4.86. The van der Waals surface area contributed by atoms with E-state index in [0.717, 1.165) is 46.7 Å². The third kappa shape index (κ3) is 2.38. The molecular formula is C16H17N3O2S. The Hall–Kier alpha value is -1.92. The van der Waals surface area contributed by atoms with Crippen molar-refractivity contribution in [2.75, 3.05) is 13.7 Å². The molecule has 0 spiro atoms. The van der Waals surface area contributed by atoms with Crippen molar-refractivity contribution in [3.05, 3.63) is 29.9 Å². The molecule has 0 aromatic carbocycles. The number of hydrogen-bond donors (Lipinski definition) is 0. The van der Waals surface area contributed by atoms with Crippen molar-refractivity contribution in [3.63, 3.8) is 0 Å². The van der Waals surface area contributed by atoms with Gasteiger partial charge < -0.3 is 9.47 Å². The van der Waals surface area contributed by atoms with Crippen LogP contribution in [0.1, 0.15) is 25.5 Å². The first-order valence-electron chi connectivity index (χ1n) is 7.43. The summed E-state index contributed by atoms with van der Waals surface area (Å²) in [4.78, 5) is 4.71. The lowest BCUT2D eigenvalue weighted by atomic mass is 10.2. The van der Waals surface area contributed by atoms with Gasteiger partial charge in [-0.2, -0.15) is 5.10 Å². The van der Waals surface area contributed by atoms with Crippen LogP contribution in [0.3, 0.4) is 0 Å². The van der Waals surface area contributed by atoms with Crippen LogP contribution < -0.4 is 4.74 Å². The Morgan fingerprint density at radius 3 is 3.18 bits per heavy atom. The zero-order chi connectivity index (χ0) is 14.9. The van der Waals surface area contributed by atoms with Crippen LogP contribution in [0.5, 0.6) is 5.75 Å². The van der Waals surface area contributed by atoms with E-state index in [1.165, 1.54) is 6.42 Å². The first-order valence-corrected chi connectivity index (χ1v) is 8.31. The summed E-state index contributed by atoms with van der Waals surface area (Å²) in [5, 5.41) is 6.48. The maximum Gasteiger partial charge on any atom is 0.150 e. The molecule has 6 heteroatoms. The summed E-state index contributed by atoms with van der Waals surface area (Å²) >= 11 is 1.64. The Morgan fingerprint density at radius 1 is 1.41 bits per heavy atom. The third-order valence-electron chi connectivity index (χ3n) is 3.94. The van der Waals surface area contributed by atoms with Gasteiger partial charge in [-0.3, -0.25) is 0 Å². The molecule has 5 nitrogen and oxygen atoms in total. The van der Waals surface area contributed by atoms with E-state index < -0.39 is 0 Å². The average Bonchev–Trinajstić information content (AvgIpc) is 3.23. The number of nitrogens with zero attached hydrogens (tertiary/aromatic N) is 3. The monoisotopic (exact) mass is 315 g/mol. The zero-order valence-electron chi connectivity index (χ0n) is 12.4. The second-order valence-corrected chi connectivity index (χ2v) is 6.29. The lowest BCUT2D eigenvalue weighted by Crippen LogP contribution is -2.18. The number of hydrogen-bond acceptors (Lipinski definition) is 5. The molecule has 4 heterocycles. The van der Waals surface area contributed by atoms with Crippen LogP contribution in [0.15, 0.2) is 29.9 Å².